The van der Waals surface area contributed by atoms with Crippen molar-refractivity contribution in [2.45, 2.75) is 39.0 Å². The summed E-state index contributed by atoms with van der Waals surface area (Å²) in [7, 11) is 0. The molecule has 0 heterocycles. The van der Waals surface area contributed by atoms with Crippen LogP contribution >= 0.6 is 0 Å². The molecule has 1 aromatic carbocycles. The van der Waals surface area contributed by atoms with Gasteiger partial charge in [0, 0.05) is 0 Å². The lowest BCUT2D eigenvalue weighted by Gasteiger charge is -2.18. The van der Waals surface area contributed by atoms with E-state index in [1.165, 1.54) is 24.0 Å². The summed E-state index contributed by atoms with van der Waals surface area (Å²) in [5.74, 6) is 1.89. The van der Waals surface area contributed by atoms with Crippen molar-refractivity contribution in [1.29, 1.82) is 0 Å². The molecule has 76 valence electrons. The largest absolute Gasteiger partial charge is 0.508 e. The normalized spacial score (nSPS) is 22.0. The number of fused-ring (bicyclic) bond motifs is 1. The second-order valence-electron chi connectivity index (χ2n) is 4.41. The number of phenols is 1. The molecule has 0 unspecified atom stereocenters. The molecule has 0 fully saturated rings. The molecule has 1 heteroatoms. The first-order valence-corrected chi connectivity index (χ1v) is 5.54. The fourth-order valence-corrected chi connectivity index (χ4v) is 2.51. The van der Waals surface area contributed by atoms with Crippen LogP contribution in [0.3, 0.4) is 0 Å². The van der Waals surface area contributed by atoms with Crippen LogP contribution in [-0.2, 0) is 6.42 Å². The van der Waals surface area contributed by atoms with Crippen LogP contribution < -0.4 is 0 Å². The minimum atomic E-state index is 0.411. The lowest BCUT2D eigenvalue weighted by atomic mass is 9.87. The number of phenolic OH excluding ortho intramolecular Hbond substituents is 1. The average molecular weight is 190 g/mol. The molecular weight excluding hydrogens is 172 g/mol. The van der Waals surface area contributed by atoms with Gasteiger partial charge in [-0.3, -0.25) is 0 Å². The quantitative estimate of drug-likeness (QED) is 0.757. The third kappa shape index (κ3) is 1.52. The smallest absolute Gasteiger partial charge is 0.115 e. The van der Waals surface area contributed by atoms with Crippen LogP contribution in [0, 0.1) is 5.92 Å². The van der Waals surface area contributed by atoms with Crippen molar-refractivity contribution in [3.8, 4) is 5.75 Å². The number of benzene rings is 1. The molecule has 0 saturated carbocycles. The van der Waals surface area contributed by atoms with Gasteiger partial charge in [0.05, 0.1) is 0 Å². The molecule has 1 nitrogen and oxygen atoms in total. The summed E-state index contributed by atoms with van der Waals surface area (Å²) in [4.78, 5) is 0. The second kappa shape index (κ2) is 3.64. The Morgan fingerprint density at radius 1 is 1.50 bits per heavy atom. The Bertz CT molecular complexity index is 330. The van der Waals surface area contributed by atoms with Crippen molar-refractivity contribution in [3.05, 3.63) is 29.3 Å². The van der Waals surface area contributed by atoms with Crippen LogP contribution in [0.1, 0.15) is 43.7 Å². The highest BCUT2D eigenvalue weighted by atomic mass is 16.3. The minimum Gasteiger partial charge on any atom is -0.508 e. The van der Waals surface area contributed by atoms with E-state index in [9.17, 15) is 5.11 Å². The molecule has 1 aliphatic carbocycles. The molecule has 2 atom stereocenters. The minimum absolute atomic E-state index is 0.411. The number of aryl methyl sites for hydroxylation is 1. The average Bonchev–Trinajstić information content (AvgIpc) is 2.59. The van der Waals surface area contributed by atoms with Crippen molar-refractivity contribution in [1.82, 2.24) is 0 Å². The molecule has 0 saturated heterocycles. The van der Waals surface area contributed by atoms with E-state index < -0.39 is 0 Å². The van der Waals surface area contributed by atoms with E-state index in [2.05, 4.69) is 19.9 Å². The zero-order valence-corrected chi connectivity index (χ0v) is 8.96. The first-order chi connectivity index (χ1) is 6.72. The number of rotatable bonds is 2. The van der Waals surface area contributed by atoms with E-state index in [4.69, 9.17) is 0 Å². The molecular formula is C13H18O. The lowest BCUT2D eigenvalue weighted by Crippen LogP contribution is -2.05. The second-order valence-corrected chi connectivity index (χ2v) is 4.41. The Morgan fingerprint density at radius 2 is 2.29 bits per heavy atom. The van der Waals surface area contributed by atoms with Crippen molar-refractivity contribution in [3.63, 3.8) is 0 Å². The highest BCUT2D eigenvalue weighted by Gasteiger charge is 2.26. The summed E-state index contributed by atoms with van der Waals surface area (Å²) in [5, 5.41) is 9.38. The number of hydrogen-bond acceptors (Lipinski definition) is 1. The molecule has 2 rings (SSSR count). The van der Waals surface area contributed by atoms with Crippen molar-refractivity contribution in [2.75, 3.05) is 0 Å². The van der Waals surface area contributed by atoms with Crippen molar-refractivity contribution in [2.24, 2.45) is 5.92 Å². The van der Waals surface area contributed by atoms with Gasteiger partial charge in [0.25, 0.3) is 0 Å². The molecule has 14 heavy (non-hydrogen) atoms. The Balaban J connectivity index is 2.31. The topological polar surface area (TPSA) is 20.2 Å². The summed E-state index contributed by atoms with van der Waals surface area (Å²) in [6.45, 7) is 4.58. The summed E-state index contributed by atoms with van der Waals surface area (Å²) < 4.78 is 0. The van der Waals surface area contributed by atoms with Gasteiger partial charge < -0.3 is 5.11 Å². The number of hydrogen-bond donors (Lipinski definition) is 1. The van der Waals surface area contributed by atoms with E-state index in [0.29, 0.717) is 5.75 Å². The SMILES string of the molecule is CC[C@H](C)[C@@H]1CCc2cc(O)ccc21. The molecule has 0 amide bonds. The van der Waals surface area contributed by atoms with Gasteiger partial charge in [-0.1, -0.05) is 26.3 Å². The Kier molecular flexibility index (Phi) is 2.49. The van der Waals surface area contributed by atoms with E-state index >= 15 is 0 Å². The summed E-state index contributed by atoms with van der Waals surface area (Å²) in [6, 6.07) is 5.85. The van der Waals surface area contributed by atoms with Crippen LogP contribution in [0.4, 0.5) is 0 Å². The zero-order valence-electron chi connectivity index (χ0n) is 8.96. The molecule has 0 bridgehead atoms. The molecule has 1 aliphatic rings. The van der Waals surface area contributed by atoms with Gasteiger partial charge in [-0.2, -0.15) is 0 Å². The predicted molar refractivity (Wildman–Crippen MR) is 58.6 cm³/mol. The van der Waals surface area contributed by atoms with Crippen LogP contribution in [-0.4, -0.2) is 5.11 Å². The maximum Gasteiger partial charge on any atom is 0.115 e. The standard InChI is InChI=1S/C13H18O/c1-3-9(2)12-6-4-10-8-11(14)5-7-13(10)12/h5,7-9,12,14H,3-4,6H2,1-2H3/t9-,12-/m0/s1. The van der Waals surface area contributed by atoms with Gasteiger partial charge >= 0.3 is 0 Å². The maximum atomic E-state index is 9.38. The molecule has 0 spiro atoms. The summed E-state index contributed by atoms with van der Waals surface area (Å²) in [6.07, 6.45) is 3.64. The van der Waals surface area contributed by atoms with E-state index in [-0.39, 0.29) is 0 Å². The van der Waals surface area contributed by atoms with Crippen molar-refractivity contribution >= 4 is 0 Å². The van der Waals surface area contributed by atoms with E-state index in [0.717, 1.165) is 18.3 Å². The highest BCUT2D eigenvalue weighted by molar-refractivity contribution is 5.40. The van der Waals surface area contributed by atoms with Gasteiger partial charge in [0.1, 0.15) is 5.75 Å². The molecule has 0 aromatic heterocycles. The molecule has 0 aliphatic heterocycles. The Labute approximate surface area is 85.8 Å². The van der Waals surface area contributed by atoms with E-state index in [1.807, 2.05) is 12.1 Å². The number of aromatic hydroxyl groups is 1. The first kappa shape index (κ1) is 9.57. The van der Waals surface area contributed by atoms with Crippen LogP contribution in [0.15, 0.2) is 18.2 Å². The van der Waals surface area contributed by atoms with Crippen molar-refractivity contribution < 1.29 is 5.11 Å². The Morgan fingerprint density at radius 3 is 3.00 bits per heavy atom. The monoisotopic (exact) mass is 190 g/mol. The zero-order chi connectivity index (χ0) is 10.1. The van der Waals surface area contributed by atoms with Crippen LogP contribution in [0.2, 0.25) is 0 Å². The third-order valence-corrected chi connectivity index (χ3v) is 3.58. The van der Waals surface area contributed by atoms with E-state index in [1.54, 1.807) is 0 Å². The highest BCUT2D eigenvalue weighted by Crippen LogP contribution is 2.40. The maximum absolute atomic E-state index is 9.38. The Hall–Kier alpha value is -0.980. The molecule has 0 radical (unpaired) electrons. The van der Waals surface area contributed by atoms with Crippen LogP contribution in [0.5, 0.6) is 5.75 Å². The van der Waals surface area contributed by atoms with Gasteiger partial charge in [0.2, 0.25) is 0 Å². The van der Waals surface area contributed by atoms with Gasteiger partial charge in [-0.25, -0.2) is 0 Å². The molecule has 1 aromatic rings. The molecule has 1 N–H and O–H groups in total. The lowest BCUT2D eigenvalue weighted by molar-refractivity contribution is 0.443. The first-order valence-electron chi connectivity index (χ1n) is 5.54. The van der Waals surface area contributed by atoms with Crippen LogP contribution in [0.25, 0.3) is 0 Å². The predicted octanol–water partition coefficient (Wildman–Crippen LogP) is 3.47. The van der Waals surface area contributed by atoms with Gasteiger partial charge in [-0.15, -0.1) is 0 Å². The fourth-order valence-electron chi connectivity index (χ4n) is 2.51. The fraction of sp³-hybridized carbons (Fsp3) is 0.538. The summed E-state index contributed by atoms with van der Waals surface area (Å²) >= 11 is 0. The van der Waals surface area contributed by atoms with Gasteiger partial charge in [-0.05, 0) is 47.9 Å². The van der Waals surface area contributed by atoms with Gasteiger partial charge in [0.15, 0.2) is 0 Å². The third-order valence-electron chi connectivity index (χ3n) is 3.58. The summed E-state index contributed by atoms with van der Waals surface area (Å²) in [5.41, 5.74) is 2.83.